The molecule has 0 radical (unpaired) electrons. The number of fused-ring (bicyclic) bond motifs is 1. The van der Waals surface area contributed by atoms with Crippen molar-refractivity contribution >= 4 is 34.9 Å². The fraction of sp³-hybridized carbons (Fsp3) is 0.316. The van der Waals surface area contributed by atoms with Crippen LogP contribution in [-0.4, -0.2) is 18.7 Å². The minimum atomic E-state index is -0.318. The molecule has 6 nitrogen and oxygen atoms in total. The van der Waals surface area contributed by atoms with Gasteiger partial charge in [0.1, 0.15) is 5.82 Å². The number of imidazole rings is 1. The number of aromatic nitrogens is 4. The van der Waals surface area contributed by atoms with Crippen molar-refractivity contribution in [3.05, 3.63) is 61.5 Å². The van der Waals surface area contributed by atoms with E-state index in [1.54, 1.807) is 11.5 Å². The summed E-state index contributed by atoms with van der Waals surface area (Å²) in [5, 5.41) is 0.676. The standard InChI is InChI=1S/C19H21ClN4O2/c1-4-22-15(12-9-13-7-10-14(20)11-8-13)21-17-16(22)18(25)24(6-3)19(26)23(17)5-2/h7-12H,4-6H2,1-3H3/b12-9+. The maximum Gasteiger partial charge on any atom is 0.332 e. The normalized spacial score (nSPS) is 11.7. The van der Waals surface area contributed by atoms with Crippen molar-refractivity contribution in [2.45, 2.75) is 40.4 Å². The van der Waals surface area contributed by atoms with Crippen LogP contribution in [0.4, 0.5) is 0 Å². The Morgan fingerprint density at radius 3 is 2.12 bits per heavy atom. The van der Waals surface area contributed by atoms with Gasteiger partial charge in [0.25, 0.3) is 5.56 Å². The molecule has 2 heterocycles. The van der Waals surface area contributed by atoms with Gasteiger partial charge in [0, 0.05) is 24.7 Å². The maximum atomic E-state index is 12.8. The second-order valence-corrected chi connectivity index (χ2v) is 6.28. The molecule has 26 heavy (non-hydrogen) atoms. The zero-order valence-corrected chi connectivity index (χ0v) is 15.8. The van der Waals surface area contributed by atoms with E-state index < -0.39 is 0 Å². The van der Waals surface area contributed by atoms with Crippen LogP contribution >= 0.6 is 11.6 Å². The SMILES string of the molecule is CCn1c(=O)c2c(nc(/C=C/c3ccc(Cl)cc3)n2CC)n(CC)c1=O. The third-order valence-electron chi connectivity index (χ3n) is 4.39. The van der Waals surface area contributed by atoms with Gasteiger partial charge in [-0.3, -0.25) is 13.9 Å². The van der Waals surface area contributed by atoms with Crippen LogP contribution in [0.25, 0.3) is 23.3 Å². The van der Waals surface area contributed by atoms with Crippen molar-refractivity contribution in [1.29, 1.82) is 0 Å². The van der Waals surface area contributed by atoms with E-state index in [4.69, 9.17) is 11.6 Å². The van der Waals surface area contributed by atoms with Crippen molar-refractivity contribution in [2.24, 2.45) is 0 Å². The van der Waals surface area contributed by atoms with Gasteiger partial charge in [-0.15, -0.1) is 0 Å². The second kappa shape index (κ2) is 7.33. The molecule has 136 valence electrons. The van der Waals surface area contributed by atoms with Crippen LogP contribution in [0, 0.1) is 0 Å². The highest BCUT2D eigenvalue weighted by Gasteiger charge is 2.18. The zero-order valence-electron chi connectivity index (χ0n) is 15.1. The Hall–Kier alpha value is -2.60. The molecule has 1 aromatic carbocycles. The lowest BCUT2D eigenvalue weighted by Crippen LogP contribution is -2.40. The smallest absolute Gasteiger partial charge is 0.319 e. The summed E-state index contributed by atoms with van der Waals surface area (Å²) in [5.41, 5.74) is 1.26. The van der Waals surface area contributed by atoms with Crippen molar-refractivity contribution in [1.82, 2.24) is 18.7 Å². The van der Waals surface area contributed by atoms with Gasteiger partial charge in [-0.1, -0.05) is 29.8 Å². The molecular formula is C19H21ClN4O2. The first-order valence-corrected chi connectivity index (χ1v) is 9.07. The maximum absolute atomic E-state index is 12.8. The average Bonchev–Trinajstić information content (AvgIpc) is 3.00. The lowest BCUT2D eigenvalue weighted by Gasteiger charge is -2.09. The summed E-state index contributed by atoms with van der Waals surface area (Å²) in [6.07, 6.45) is 3.77. The van der Waals surface area contributed by atoms with Crippen LogP contribution in [0.2, 0.25) is 5.02 Å². The number of halogens is 1. The van der Waals surface area contributed by atoms with Crippen molar-refractivity contribution in [2.75, 3.05) is 0 Å². The highest BCUT2D eigenvalue weighted by Crippen LogP contribution is 2.16. The van der Waals surface area contributed by atoms with Gasteiger partial charge in [-0.05, 0) is 44.5 Å². The molecule has 0 bridgehead atoms. The van der Waals surface area contributed by atoms with Crippen LogP contribution in [0.5, 0.6) is 0 Å². The number of hydrogen-bond acceptors (Lipinski definition) is 3. The second-order valence-electron chi connectivity index (χ2n) is 5.85. The predicted molar refractivity (Wildman–Crippen MR) is 106 cm³/mol. The third kappa shape index (κ3) is 3.01. The van der Waals surface area contributed by atoms with E-state index in [1.165, 1.54) is 4.57 Å². The summed E-state index contributed by atoms with van der Waals surface area (Å²) in [7, 11) is 0. The van der Waals surface area contributed by atoms with Crippen LogP contribution in [0.3, 0.4) is 0 Å². The first kappa shape index (κ1) is 18.2. The predicted octanol–water partition coefficient (Wildman–Crippen LogP) is 3.24. The fourth-order valence-electron chi connectivity index (χ4n) is 3.06. The number of rotatable bonds is 5. The monoisotopic (exact) mass is 372 g/mol. The highest BCUT2D eigenvalue weighted by atomic mass is 35.5. The van der Waals surface area contributed by atoms with Gasteiger partial charge >= 0.3 is 5.69 Å². The molecule has 0 aliphatic carbocycles. The van der Waals surface area contributed by atoms with Gasteiger partial charge < -0.3 is 4.57 Å². The lowest BCUT2D eigenvalue weighted by atomic mass is 10.2. The van der Waals surface area contributed by atoms with Crippen LogP contribution in [-0.2, 0) is 19.6 Å². The first-order chi connectivity index (χ1) is 12.5. The van der Waals surface area contributed by atoms with E-state index in [2.05, 4.69) is 4.98 Å². The summed E-state index contributed by atoms with van der Waals surface area (Å²) < 4.78 is 4.65. The molecule has 7 heteroatoms. The van der Waals surface area contributed by atoms with Gasteiger partial charge in [0.05, 0.1) is 0 Å². The molecule has 0 fully saturated rings. The molecule has 3 rings (SSSR count). The van der Waals surface area contributed by atoms with Crippen molar-refractivity contribution < 1.29 is 0 Å². The van der Waals surface area contributed by atoms with E-state index in [9.17, 15) is 9.59 Å². The third-order valence-corrected chi connectivity index (χ3v) is 4.64. The highest BCUT2D eigenvalue weighted by molar-refractivity contribution is 6.30. The molecule has 0 atom stereocenters. The minimum Gasteiger partial charge on any atom is -0.319 e. The molecule has 0 unspecified atom stereocenters. The quantitative estimate of drug-likeness (QED) is 0.690. The molecule has 0 saturated carbocycles. The van der Waals surface area contributed by atoms with Crippen LogP contribution in [0.15, 0.2) is 33.9 Å². The van der Waals surface area contributed by atoms with E-state index >= 15 is 0 Å². The summed E-state index contributed by atoms with van der Waals surface area (Å²) in [4.78, 5) is 29.9. The molecular weight excluding hydrogens is 352 g/mol. The summed E-state index contributed by atoms with van der Waals surface area (Å²) in [5.74, 6) is 0.644. The van der Waals surface area contributed by atoms with Gasteiger partial charge in [0.15, 0.2) is 11.2 Å². The molecule has 0 amide bonds. The molecule has 0 saturated heterocycles. The first-order valence-electron chi connectivity index (χ1n) is 8.69. The van der Waals surface area contributed by atoms with E-state index in [0.717, 1.165) is 5.56 Å². The number of nitrogens with zero attached hydrogens (tertiary/aromatic N) is 4. The van der Waals surface area contributed by atoms with Gasteiger partial charge in [0.2, 0.25) is 0 Å². The fourth-order valence-corrected chi connectivity index (χ4v) is 3.19. The van der Waals surface area contributed by atoms with E-state index in [0.29, 0.717) is 41.6 Å². The molecule has 0 aliphatic rings. The summed E-state index contributed by atoms with van der Waals surface area (Å²) in [6, 6.07) is 7.45. The zero-order chi connectivity index (χ0) is 18.8. The number of hydrogen-bond donors (Lipinski definition) is 0. The van der Waals surface area contributed by atoms with Crippen LogP contribution < -0.4 is 11.2 Å². The Morgan fingerprint density at radius 2 is 1.54 bits per heavy atom. The largest absolute Gasteiger partial charge is 0.332 e. The summed E-state index contributed by atoms with van der Waals surface area (Å²) >= 11 is 5.91. The number of benzene rings is 1. The molecule has 3 aromatic rings. The summed E-state index contributed by atoms with van der Waals surface area (Å²) in [6.45, 7) is 6.99. The van der Waals surface area contributed by atoms with Crippen LogP contribution in [0.1, 0.15) is 32.2 Å². The Balaban J connectivity index is 2.24. The van der Waals surface area contributed by atoms with Gasteiger partial charge in [-0.25, -0.2) is 9.78 Å². The number of aryl methyl sites for hydroxylation is 2. The average molecular weight is 373 g/mol. The van der Waals surface area contributed by atoms with E-state index in [-0.39, 0.29) is 11.2 Å². The van der Waals surface area contributed by atoms with E-state index in [1.807, 2.05) is 54.8 Å². The Kier molecular flexibility index (Phi) is 5.13. The topological polar surface area (TPSA) is 61.8 Å². The molecule has 0 N–H and O–H groups in total. The van der Waals surface area contributed by atoms with Gasteiger partial charge in [-0.2, -0.15) is 0 Å². The molecule has 2 aromatic heterocycles. The Bertz CT molecular complexity index is 1090. The molecule has 0 spiro atoms. The Labute approximate surface area is 156 Å². The van der Waals surface area contributed by atoms with Crippen molar-refractivity contribution in [3.8, 4) is 0 Å². The molecule has 0 aliphatic heterocycles. The van der Waals surface area contributed by atoms with Crippen molar-refractivity contribution in [3.63, 3.8) is 0 Å². The minimum absolute atomic E-state index is 0.294. The lowest BCUT2D eigenvalue weighted by molar-refractivity contribution is 0.603. The Morgan fingerprint density at radius 1 is 0.923 bits per heavy atom.